The molecule has 2 aromatic rings. The Labute approximate surface area is 238 Å². The molecule has 10 nitrogen and oxygen atoms in total. The van der Waals surface area contributed by atoms with Crippen LogP contribution in [0, 0.1) is 5.92 Å². The van der Waals surface area contributed by atoms with E-state index in [2.05, 4.69) is 15.4 Å². The number of fused-ring (bicyclic) bond motifs is 1. The molecule has 0 radical (unpaired) electrons. The van der Waals surface area contributed by atoms with Gasteiger partial charge in [0.05, 0.1) is 49.9 Å². The van der Waals surface area contributed by atoms with Crippen molar-refractivity contribution in [2.24, 2.45) is 5.92 Å². The third-order valence-corrected chi connectivity index (χ3v) is 7.30. The Morgan fingerprint density at radius 1 is 1.17 bits per heavy atom. The molecular weight excluding hydrogens is 574 g/mol. The summed E-state index contributed by atoms with van der Waals surface area (Å²) in [4.78, 5) is 30.4. The molecule has 2 aliphatic rings. The molecule has 16 heteroatoms. The summed E-state index contributed by atoms with van der Waals surface area (Å²) in [6.07, 6.45) is 1.49. The number of alkyl carbamates (subject to hydrolysis) is 1. The highest BCUT2D eigenvalue weighted by Gasteiger charge is 2.59. The number of carbonyl (C=O) groups is 2. The van der Waals surface area contributed by atoms with Crippen LogP contribution in [0.3, 0.4) is 0 Å². The van der Waals surface area contributed by atoms with Crippen LogP contribution in [0.1, 0.15) is 69.8 Å². The van der Waals surface area contributed by atoms with Gasteiger partial charge in [-0.3, -0.25) is 0 Å². The number of halogens is 6. The molecule has 3 heterocycles. The molecular formula is C26H34F6N6O4. The predicted molar refractivity (Wildman–Crippen MR) is 137 cm³/mol. The molecule has 42 heavy (non-hydrogen) atoms. The molecule has 2 atom stereocenters. The number of hydrogen-bond donors (Lipinski definition) is 2. The van der Waals surface area contributed by atoms with Crippen LogP contribution in [0.2, 0.25) is 0 Å². The first kappa shape index (κ1) is 31.6. The molecule has 1 aliphatic carbocycles. The number of nitrogens with zero attached hydrogens (tertiary/aromatic N) is 4. The molecule has 1 saturated carbocycles. The topological polar surface area (TPSA) is 110 Å². The van der Waals surface area contributed by atoms with Crippen LogP contribution in [0.15, 0.2) is 18.5 Å². The van der Waals surface area contributed by atoms with E-state index >= 15 is 0 Å². The van der Waals surface area contributed by atoms with Crippen LogP contribution in [-0.2, 0) is 9.47 Å². The van der Waals surface area contributed by atoms with Crippen molar-refractivity contribution in [2.75, 3.05) is 26.8 Å². The van der Waals surface area contributed by atoms with Crippen LogP contribution < -0.4 is 10.6 Å². The molecule has 0 unspecified atom stereocenters. The van der Waals surface area contributed by atoms with E-state index in [1.807, 2.05) is 5.32 Å². The van der Waals surface area contributed by atoms with E-state index in [9.17, 15) is 35.9 Å². The van der Waals surface area contributed by atoms with Gasteiger partial charge in [0.25, 0.3) is 0 Å². The van der Waals surface area contributed by atoms with Gasteiger partial charge in [-0.25, -0.2) is 27.9 Å². The highest BCUT2D eigenvalue weighted by Crippen LogP contribution is 2.42. The van der Waals surface area contributed by atoms with Crippen molar-refractivity contribution < 1.29 is 45.4 Å². The van der Waals surface area contributed by atoms with Gasteiger partial charge in [-0.15, -0.1) is 0 Å². The summed E-state index contributed by atoms with van der Waals surface area (Å²) in [5, 5.41) is 8.82. The maximum Gasteiger partial charge on any atom is 0.408 e. The molecule has 2 fully saturated rings. The molecule has 3 amide bonds. The van der Waals surface area contributed by atoms with Gasteiger partial charge in [-0.2, -0.15) is 22.7 Å². The van der Waals surface area contributed by atoms with Gasteiger partial charge in [0.15, 0.2) is 5.65 Å². The summed E-state index contributed by atoms with van der Waals surface area (Å²) in [5.74, 6) is -12.2. The van der Waals surface area contributed by atoms with Gasteiger partial charge >= 0.3 is 24.0 Å². The minimum absolute atomic E-state index is 0.110. The Kier molecular flexibility index (Phi) is 8.60. The number of ether oxygens (including phenoxy) is 2. The van der Waals surface area contributed by atoms with Crippen molar-refractivity contribution >= 4 is 17.8 Å². The number of amides is 3. The molecule has 1 aliphatic heterocycles. The fraction of sp³-hybridized carbons (Fsp3) is 0.692. The Morgan fingerprint density at radius 3 is 2.45 bits per heavy atom. The van der Waals surface area contributed by atoms with E-state index in [0.717, 1.165) is 0 Å². The average Bonchev–Trinajstić information content (AvgIpc) is 3.27. The molecule has 0 spiro atoms. The van der Waals surface area contributed by atoms with Crippen molar-refractivity contribution in [3.8, 4) is 0 Å². The van der Waals surface area contributed by atoms with Gasteiger partial charge in [0.1, 0.15) is 5.60 Å². The molecule has 4 rings (SSSR count). The van der Waals surface area contributed by atoms with Gasteiger partial charge in [0.2, 0.25) is 5.92 Å². The number of urea groups is 1. The Bertz CT molecular complexity index is 1290. The van der Waals surface area contributed by atoms with E-state index in [1.165, 1.54) is 30.1 Å². The number of imidazole rings is 1. The number of aromatic nitrogens is 3. The number of hydrogen-bond acceptors (Lipinski definition) is 6. The fourth-order valence-electron chi connectivity index (χ4n) is 5.10. The van der Waals surface area contributed by atoms with E-state index in [1.54, 1.807) is 20.8 Å². The van der Waals surface area contributed by atoms with Crippen molar-refractivity contribution in [2.45, 2.75) is 81.9 Å². The zero-order valence-corrected chi connectivity index (χ0v) is 23.6. The lowest BCUT2D eigenvalue weighted by atomic mass is 9.81. The van der Waals surface area contributed by atoms with Gasteiger partial charge in [-0.1, -0.05) is 0 Å². The van der Waals surface area contributed by atoms with Crippen LogP contribution in [0.5, 0.6) is 0 Å². The second-order valence-corrected chi connectivity index (χ2v) is 11.7. The highest BCUT2D eigenvalue weighted by atomic mass is 19.3. The van der Waals surface area contributed by atoms with Gasteiger partial charge in [0, 0.05) is 25.5 Å². The molecule has 0 bridgehead atoms. The third kappa shape index (κ3) is 7.01. The summed E-state index contributed by atoms with van der Waals surface area (Å²) < 4.78 is 96.4. The first-order valence-electron chi connectivity index (χ1n) is 13.4. The summed E-state index contributed by atoms with van der Waals surface area (Å²) in [6.45, 7) is 1.61. The van der Waals surface area contributed by atoms with E-state index < -0.39 is 66.6 Å². The molecule has 2 N–H and O–H groups in total. The summed E-state index contributed by atoms with van der Waals surface area (Å²) >= 11 is 0. The van der Waals surface area contributed by atoms with Crippen molar-refractivity contribution in [3.63, 3.8) is 0 Å². The van der Waals surface area contributed by atoms with Crippen LogP contribution in [0.25, 0.3) is 5.65 Å². The molecule has 234 valence electrons. The van der Waals surface area contributed by atoms with Crippen LogP contribution in [0.4, 0.5) is 35.9 Å². The Morgan fingerprint density at radius 2 is 1.83 bits per heavy atom. The number of nitrogens with one attached hydrogen (secondary N) is 2. The first-order valence-corrected chi connectivity index (χ1v) is 13.4. The van der Waals surface area contributed by atoms with Gasteiger partial charge in [-0.05, 0) is 45.6 Å². The van der Waals surface area contributed by atoms with E-state index in [-0.39, 0.29) is 43.5 Å². The van der Waals surface area contributed by atoms with Crippen molar-refractivity contribution in [1.29, 1.82) is 0 Å². The fourth-order valence-corrected chi connectivity index (χ4v) is 5.10. The predicted octanol–water partition coefficient (Wildman–Crippen LogP) is 5.10. The molecule has 1 saturated heterocycles. The summed E-state index contributed by atoms with van der Waals surface area (Å²) in [7, 11) is 1.26. The first-order chi connectivity index (χ1) is 19.4. The van der Waals surface area contributed by atoms with Crippen LogP contribution >= 0.6 is 0 Å². The zero-order chi connectivity index (χ0) is 31.1. The number of methoxy groups -OCH3 is 1. The van der Waals surface area contributed by atoms with E-state index in [4.69, 9.17) is 9.47 Å². The molecule has 0 aromatic carbocycles. The molecule has 2 aromatic heterocycles. The van der Waals surface area contributed by atoms with Crippen molar-refractivity contribution in [1.82, 2.24) is 30.1 Å². The second-order valence-electron chi connectivity index (χ2n) is 11.7. The van der Waals surface area contributed by atoms with E-state index in [0.29, 0.717) is 10.6 Å². The van der Waals surface area contributed by atoms with Crippen molar-refractivity contribution in [3.05, 3.63) is 29.7 Å². The highest BCUT2D eigenvalue weighted by molar-refractivity contribution is 5.75. The minimum Gasteiger partial charge on any atom is -0.444 e. The zero-order valence-electron chi connectivity index (χ0n) is 23.6. The second kappa shape index (κ2) is 11.4. The number of rotatable bonds is 7. The largest absolute Gasteiger partial charge is 0.444 e. The maximum atomic E-state index is 14.4. The monoisotopic (exact) mass is 608 g/mol. The smallest absolute Gasteiger partial charge is 0.408 e. The average molecular weight is 609 g/mol. The number of alkyl halides is 6. The lowest BCUT2D eigenvalue weighted by Crippen LogP contribution is -2.49. The third-order valence-electron chi connectivity index (χ3n) is 7.30. The summed E-state index contributed by atoms with van der Waals surface area (Å²) in [5.41, 5.74) is -0.178. The SMILES string of the molecule is COC[C@H](c1cnn2cc([C@@H](NC(=O)OC(C)(C)C)C3CCC(F)(F)CC3)nc2c1)N1CC(F)(F)C(F)(F)CNC1=O. The maximum absolute atomic E-state index is 14.4. The Balaban J connectivity index is 1.67. The minimum atomic E-state index is -4.52. The number of carbonyl (C=O) groups excluding carboxylic acids is 2. The quantitative estimate of drug-likeness (QED) is 0.424. The lowest BCUT2D eigenvalue weighted by Gasteiger charge is -2.33. The summed E-state index contributed by atoms with van der Waals surface area (Å²) in [6, 6.07) is -1.75. The standard InChI is InChI=1S/C26H34F6N6O4/c1-23(2,3)42-22(40)36-20(15-5-7-24(27,28)8-6-15)17-11-38-19(35-17)9-16(10-34-38)18(12-41-4)37-14-26(31,32)25(29,30)13-33-21(37)39/h9-11,15,18,20H,5-8,12-14H2,1-4H3,(H,33,39)(H,36,40)/t18-,20+/m1/s1. The Hall–Kier alpha value is -3.30. The lowest BCUT2D eigenvalue weighted by molar-refractivity contribution is -0.205. The normalized spacial score (nSPS) is 22.2. The van der Waals surface area contributed by atoms with Gasteiger partial charge < -0.3 is 25.0 Å². The van der Waals surface area contributed by atoms with Crippen LogP contribution in [-0.4, -0.2) is 81.8 Å².